The molecule has 0 spiro atoms. The summed E-state index contributed by atoms with van der Waals surface area (Å²) >= 11 is 0. The Morgan fingerprint density at radius 2 is 2.10 bits per heavy atom. The van der Waals surface area contributed by atoms with Gasteiger partial charge in [0.15, 0.2) is 0 Å². The first-order chi connectivity index (χ1) is 9.41. The second-order valence-corrected chi connectivity index (χ2v) is 5.49. The van der Waals surface area contributed by atoms with Crippen LogP contribution in [0.4, 0.5) is 11.4 Å². The molecular weight excluding hydrogens is 258 g/mol. The highest BCUT2D eigenvalue weighted by atomic mass is 16.6. The zero-order chi connectivity index (χ0) is 14.9. The van der Waals surface area contributed by atoms with Crippen LogP contribution in [0.3, 0.4) is 0 Å². The van der Waals surface area contributed by atoms with Crippen LogP contribution in [0, 0.1) is 22.0 Å². The Kier molecular flexibility index (Phi) is 3.92. The summed E-state index contributed by atoms with van der Waals surface area (Å²) in [7, 11) is 0. The lowest BCUT2D eigenvalue weighted by Crippen LogP contribution is -2.42. The van der Waals surface area contributed by atoms with Crippen LogP contribution in [-0.2, 0) is 0 Å². The standard InChI is InChI=1S/C14H19N3O3/c1-9-6-7-16(8-10(9)2)14(18)11-4-3-5-12(15)13(11)17(19)20/h3-5,9-10H,6-8,15H2,1-2H3. The van der Waals surface area contributed by atoms with E-state index >= 15 is 0 Å². The normalized spacial score (nSPS) is 22.6. The van der Waals surface area contributed by atoms with Gasteiger partial charge in [0.05, 0.1) is 4.92 Å². The fraction of sp³-hybridized carbons (Fsp3) is 0.500. The number of nitrogen functional groups attached to an aromatic ring is 1. The zero-order valence-electron chi connectivity index (χ0n) is 11.7. The number of piperidine rings is 1. The van der Waals surface area contributed by atoms with E-state index in [9.17, 15) is 14.9 Å². The predicted molar refractivity (Wildman–Crippen MR) is 76.4 cm³/mol. The second-order valence-electron chi connectivity index (χ2n) is 5.49. The van der Waals surface area contributed by atoms with Crippen LogP contribution in [0.25, 0.3) is 0 Å². The number of rotatable bonds is 2. The SMILES string of the molecule is CC1CCN(C(=O)c2cccc(N)c2[N+](=O)[O-])CC1C. The smallest absolute Gasteiger partial charge is 0.304 e. The van der Waals surface area contributed by atoms with Crippen LogP contribution in [0.15, 0.2) is 18.2 Å². The number of para-hydroxylation sites is 1. The summed E-state index contributed by atoms with van der Waals surface area (Å²) in [5, 5.41) is 11.1. The van der Waals surface area contributed by atoms with Gasteiger partial charge in [0.2, 0.25) is 0 Å². The van der Waals surface area contributed by atoms with Crippen molar-refractivity contribution < 1.29 is 9.72 Å². The van der Waals surface area contributed by atoms with Crippen molar-refractivity contribution in [2.45, 2.75) is 20.3 Å². The first-order valence-electron chi connectivity index (χ1n) is 6.74. The lowest BCUT2D eigenvalue weighted by Gasteiger charge is -2.35. The number of hydrogen-bond acceptors (Lipinski definition) is 4. The Morgan fingerprint density at radius 3 is 2.70 bits per heavy atom. The highest BCUT2D eigenvalue weighted by Crippen LogP contribution is 2.29. The minimum absolute atomic E-state index is 0.0271. The molecule has 1 aromatic carbocycles. The van der Waals surface area contributed by atoms with Gasteiger partial charge in [-0.2, -0.15) is 0 Å². The Balaban J connectivity index is 2.30. The summed E-state index contributed by atoms with van der Waals surface area (Å²) in [4.78, 5) is 24.7. The summed E-state index contributed by atoms with van der Waals surface area (Å²) in [5.74, 6) is 0.658. The summed E-state index contributed by atoms with van der Waals surface area (Å²) in [5.41, 5.74) is 5.45. The third kappa shape index (κ3) is 2.59. The number of carbonyl (C=O) groups is 1. The quantitative estimate of drug-likeness (QED) is 0.510. The molecule has 6 nitrogen and oxygen atoms in total. The van der Waals surface area contributed by atoms with Crippen molar-refractivity contribution in [1.29, 1.82) is 0 Å². The van der Waals surface area contributed by atoms with Crippen LogP contribution < -0.4 is 5.73 Å². The Labute approximate surface area is 117 Å². The molecule has 2 N–H and O–H groups in total. The number of nitrogens with two attached hydrogens (primary N) is 1. The van der Waals surface area contributed by atoms with Crippen LogP contribution in [-0.4, -0.2) is 28.8 Å². The maximum absolute atomic E-state index is 12.5. The van der Waals surface area contributed by atoms with E-state index in [1.54, 1.807) is 11.0 Å². The Morgan fingerprint density at radius 1 is 1.40 bits per heavy atom. The summed E-state index contributed by atoms with van der Waals surface area (Å²) in [6, 6.07) is 4.49. The topological polar surface area (TPSA) is 89.5 Å². The molecule has 20 heavy (non-hydrogen) atoms. The molecule has 6 heteroatoms. The number of nitro benzene ring substituents is 1. The maximum Gasteiger partial charge on any atom is 0.304 e. The van der Waals surface area contributed by atoms with Gasteiger partial charge < -0.3 is 10.6 Å². The van der Waals surface area contributed by atoms with Gasteiger partial charge in [-0.15, -0.1) is 0 Å². The number of benzene rings is 1. The zero-order valence-corrected chi connectivity index (χ0v) is 11.7. The fourth-order valence-electron chi connectivity index (χ4n) is 2.56. The van der Waals surface area contributed by atoms with Crippen LogP contribution in [0.5, 0.6) is 0 Å². The Bertz CT molecular complexity index is 544. The highest BCUT2D eigenvalue weighted by molar-refractivity contribution is 6.00. The van der Waals surface area contributed by atoms with Gasteiger partial charge in [0, 0.05) is 13.1 Å². The fourth-order valence-corrected chi connectivity index (χ4v) is 2.56. The molecule has 0 saturated carbocycles. The molecule has 1 amide bonds. The van der Waals surface area contributed by atoms with Crippen LogP contribution in [0.2, 0.25) is 0 Å². The lowest BCUT2D eigenvalue weighted by molar-refractivity contribution is -0.384. The molecule has 0 radical (unpaired) electrons. The molecule has 1 aliphatic rings. The molecule has 1 aliphatic heterocycles. The molecule has 0 aliphatic carbocycles. The van der Waals surface area contributed by atoms with Gasteiger partial charge in [0.25, 0.3) is 5.91 Å². The molecule has 1 fully saturated rings. The van der Waals surface area contributed by atoms with Gasteiger partial charge in [0.1, 0.15) is 11.3 Å². The summed E-state index contributed by atoms with van der Waals surface area (Å²) in [6.45, 7) is 5.52. The Hall–Kier alpha value is -2.11. The van der Waals surface area contributed by atoms with E-state index in [0.717, 1.165) is 6.42 Å². The van der Waals surface area contributed by atoms with Gasteiger partial charge in [-0.05, 0) is 30.4 Å². The minimum Gasteiger partial charge on any atom is -0.393 e. The van der Waals surface area contributed by atoms with Crippen molar-refractivity contribution in [1.82, 2.24) is 4.90 Å². The molecule has 0 aromatic heterocycles. The van der Waals surface area contributed by atoms with E-state index in [0.29, 0.717) is 24.9 Å². The van der Waals surface area contributed by atoms with Gasteiger partial charge >= 0.3 is 5.69 Å². The van der Waals surface area contributed by atoms with Crippen LogP contribution >= 0.6 is 0 Å². The van der Waals surface area contributed by atoms with Crippen LogP contribution in [0.1, 0.15) is 30.6 Å². The molecule has 0 bridgehead atoms. The van der Waals surface area contributed by atoms with Crippen molar-refractivity contribution in [2.75, 3.05) is 18.8 Å². The molecule has 2 atom stereocenters. The highest BCUT2D eigenvalue weighted by Gasteiger charge is 2.31. The predicted octanol–water partition coefficient (Wildman–Crippen LogP) is 2.30. The first kappa shape index (κ1) is 14.3. The maximum atomic E-state index is 12.5. The van der Waals surface area contributed by atoms with E-state index in [2.05, 4.69) is 13.8 Å². The summed E-state index contributed by atoms with van der Waals surface area (Å²) < 4.78 is 0. The van der Waals surface area contributed by atoms with E-state index < -0.39 is 4.92 Å². The average Bonchev–Trinajstić information content (AvgIpc) is 2.40. The molecular formula is C14H19N3O3. The minimum atomic E-state index is -0.585. The molecule has 1 saturated heterocycles. The van der Waals surface area contributed by atoms with Crippen molar-refractivity contribution in [2.24, 2.45) is 11.8 Å². The van der Waals surface area contributed by atoms with E-state index in [-0.39, 0.29) is 22.8 Å². The molecule has 1 heterocycles. The van der Waals surface area contributed by atoms with Gasteiger partial charge in [-0.25, -0.2) is 0 Å². The number of likely N-dealkylation sites (tertiary alicyclic amines) is 1. The number of hydrogen-bond donors (Lipinski definition) is 1. The largest absolute Gasteiger partial charge is 0.393 e. The number of anilines is 1. The van der Waals surface area contributed by atoms with Gasteiger partial charge in [-0.1, -0.05) is 19.9 Å². The van der Waals surface area contributed by atoms with Crippen molar-refractivity contribution in [3.8, 4) is 0 Å². The molecule has 2 rings (SSSR count). The number of nitro groups is 1. The lowest BCUT2D eigenvalue weighted by atomic mass is 9.88. The second kappa shape index (κ2) is 5.48. The van der Waals surface area contributed by atoms with Crippen molar-refractivity contribution >= 4 is 17.3 Å². The van der Waals surface area contributed by atoms with E-state index in [4.69, 9.17) is 5.73 Å². The summed E-state index contributed by atoms with van der Waals surface area (Å²) in [6.07, 6.45) is 0.920. The van der Waals surface area contributed by atoms with Crippen molar-refractivity contribution in [3.05, 3.63) is 33.9 Å². The van der Waals surface area contributed by atoms with E-state index in [1.807, 2.05) is 0 Å². The molecule has 1 aromatic rings. The average molecular weight is 277 g/mol. The first-order valence-corrected chi connectivity index (χ1v) is 6.74. The monoisotopic (exact) mass is 277 g/mol. The number of nitrogens with zero attached hydrogens (tertiary/aromatic N) is 2. The molecule has 2 unspecified atom stereocenters. The molecule has 108 valence electrons. The number of carbonyl (C=O) groups excluding carboxylic acids is 1. The van der Waals surface area contributed by atoms with Gasteiger partial charge in [-0.3, -0.25) is 14.9 Å². The third-order valence-electron chi connectivity index (χ3n) is 4.10. The van der Waals surface area contributed by atoms with E-state index in [1.165, 1.54) is 12.1 Å². The number of amides is 1. The van der Waals surface area contributed by atoms with Crippen molar-refractivity contribution in [3.63, 3.8) is 0 Å². The third-order valence-corrected chi connectivity index (χ3v) is 4.10.